The normalized spacial score (nSPS) is 20.4. The second kappa shape index (κ2) is 4.09. The Morgan fingerprint density at radius 3 is 2.86 bits per heavy atom. The van der Waals surface area contributed by atoms with E-state index < -0.39 is 0 Å². The highest BCUT2D eigenvalue weighted by Gasteiger charge is 2.25. The van der Waals surface area contributed by atoms with Gasteiger partial charge >= 0.3 is 0 Å². The van der Waals surface area contributed by atoms with Crippen LogP contribution in [0.3, 0.4) is 0 Å². The molecule has 0 saturated carbocycles. The van der Waals surface area contributed by atoms with E-state index in [9.17, 15) is 0 Å². The van der Waals surface area contributed by atoms with Crippen LogP contribution in [0.1, 0.15) is 0 Å². The number of nitrogens with one attached hydrogen (secondary N) is 1. The Hall–Kier alpha value is -0.240. The highest BCUT2D eigenvalue weighted by atomic mass is 32.2. The van der Waals surface area contributed by atoms with Crippen molar-refractivity contribution in [3.05, 3.63) is 23.0 Å². The molecule has 0 unspecified atom stereocenters. The number of amidine groups is 1. The maximum absolute atomic E-state index is 4.46. The van der Waals surface area contributed by atoms with Crippen molar-refractivity contribution in [1.82, 2.24) is 15.0 Å². The van der Waals surface area contributed by atoms with Crippen LogP contribution in [0.2, 0.25) is 0 Å². The van der Waals surface area contributed by atoms with Crippen LogP contribution in [0.4, 0.5) is 0 Å². The van der Waals surface area contributed by atoms with Gasteiger partial charge in [0.05, 0.1) is 11.9 Å². The number of hydrogen-bond acceptors (Lipinski definition) is 7. The van der Waals surface area contributed by atoms with Gasteiger partial charge in [0.15, 0.2) is 5.17 Å². The minimum atomic E-state index is 0.930. The number of thioether (sulfide) groups is 2. The summed E-state index contributed by atoms with van der Waals surface area (Å²) < 4.78 is 1.61. The third kappa shape index (κ3) is 1.77. The molecule has 0 atom stereocenters. The lowest BCUT2D eigenvalue weighted by atomic mass is 10.4. The van der Waals surface area contributed by atoms with E-state index in [-0.39, 0.29) is 0 Å². The lowest BCUT2D eigenvalue weighted by molar-refractivity contribution is 0.307. The summed E-state index contributed by atoms with van der Waals surface area (Å²) in [6.45, 7) is 0. The van der Waals surface area contributed by atoms with Gasteiger partial charge in [-0.3, -0.25) is 0 Å². The summed E-state index contributed by atoms with van der Waals surface area (Å²) in [5.41, 5.74) is 4.09. The average molecular weight is 246 g/mol. The molecule has 2 rings (SSSR count). The zero-order valence-electron chi connectivity index (χ0n) is 7.76. The summed E-state index contributed by atoms with van der Waals surface area (Å²) in [7, 11) is 0. The Labute approximate surface area is 97.0 Å². The summed E-state index contributed by atoms with van der Waals surface area (Å²) in [6.07, 6.45) is 7.95. The molecule has 0 aromatic carbocycles. The van der Waals surface area contributed by atoms with E-state index in [2.05, 4.69) is 23.3 Å². The Balaban J connectivity index is 2.33. The molecule has 2 aliphatic heterocycles. The summed E-state index contributed by atoms with van der Waals surface area (Å²) in [6, 6.07) is 0. The summed E-state index contributed by atoms with van der Waals surface area (Å²) in [5, 5.41) is 3.85. The Bertz CT molecular complexity index is 336. The van der Waals surface area contributed by atoms with Crippen LogP contribution >= 0.6 is 36.3 Å². The molecule has 0 aromatic rings. The SMILES string of the molecule is CSC1=CC2=CN(S)NN2C(SC)=N1. The maximum Gasteiger partial charge on any atom is 0.185 e. The number of rotatable bonds is 1. The zero-order chi connectivity index (χ0) is 10.1. The van der Waals surface area contributed by atoms with Gasteiger partial charge in [0, 0.05) is 0 Å². The first-order chi connectivity index (χ1) is 6.74. The minimum Gasteiger partial charge on any atom is -0.240 e. The highest BCUT2D eigenvalue weighted by molar-refractivity contribution is 8.13. The van der Waals surface area contributed by atoms with Crippen LogP contribution in [0, 0.1) is 0 Å². The van der Waals surface area contributed by atoms with Gasteiger partial charge in [0.1, 0.15) is 5.03 Å². The average Bonchev–Trinajstić information content (AvgIpc) is 2.56. The zero-order valence-corrected chi connectivity index (χ0v) is 10.3. The fourth-order valence-electron chi connectivity index (χ4n) is 1.17. The number of hydrazine groups is 2. The predicted octanol–water partition coefficient (Wildman–Crippen LogP) is 1.65. The molecule has 4 nitrogen and oxygen atoms in total. The van der Waals surface area contributed by atoms with Crippen molar-refractivity contribution >= 4 is 41.5 Å². The van der Waals surface area contributed by atoms with Crippen LogP contribution in [-0.2, 0) is 0 Å². The number of thiol groups is 1. The highest BCUT2D eigenvalue weighted by Crippen LogP contribution is 2.28. The van der Waals surface area contributed by atoms with Gasteiger partial charge in [-0.2, -0.15) is 0 Å². The van der Waals surface area contributed by atoms with Crippen molar-refractivity contribution in [1.29, 1.82) is 0 Å². The van der Waals surface area contributed by atoms with E-state index in [4.69, 9.17) is 0 Å². The second-order valence-corrected chi connectivity index (χ2v) is 4.65. The monoisotopic (exact) mass is 246 g/mol. The molecule has 0 bridgehead atoms. The van der Waals surface area contributed by atoms with Gasteiger partial charge in [-0.1, -0.05) is 11.8 Å². The quantitative estimate of drug-likeness (QED) is 0.687. The van der Waals surface area contributed by atoms with E-state index in [1.54, 1.807) is 27.9 Å². The lowest BCUT2D eigenvalue weighted by Gasteiger charge is -2.24. The number of nitrogens with zero attached hydrogens (tertiary/aromatic N) is 3. The van der Waals surface area contributed by atoms with Gasteiger partial charge < -0.3 is 0 Å². The van der Waals surface area contributed by atoms with Crippen LogP contribution in [-0.4, -0.2) is 27.1 Å². The molecule has 0 saturated heterocycles. The largest absolute Gasteiger partial charge is 0.240 e. The van der Waals surface area contributed by atoms with Gasteiger partial charge in [0.25, 0.3) is 0 Å². The molecule has 14 heavy (non-hydrogen) atoms. The second-order valence-electron chi connectivity index (χ2n) is 2.62. The molecule has 0 spiro atoms. The van der Waals surface area contributed by atoms with Crippen molar-refractivity contribution < 1.29 is 0 Å². The third-order valence-corrected chi connectivity index (χ3v) is 3.25. The minimum absolute atomic E-state index is 0.930. The van der Waals surface area contributed by atoms with Crippen molar-refractivity contribution in [2.24, 2.45) is 4.99 Å². The molecule has 76 valence electrons. The van der Waals surface area contributed by atoms with Crippen molar-refractivity contribution in [3.8, 4) is 0 Å². The molecule has 2 heterocycles. The summed E-state index contributed by atoms with van der Waals surface area (Å²) in [4.78, 5) is 4.46. The van der Waals surface area contributed by atoms with Crippen molar-refractivity contribution in [3.63, 3.8) is 0 Å². The van der Waals surface area contributed by atoms with Crippen LogP contribution in [0.5, 0.6) is 0 Å². The first-order valence-corrected chi connectivity index (χ1v) is 6.74. The summed E-state index contributed by atoms with van der Waals surface area (Å²) >= 11 is 7.43. The van der Waals surface area contributed by atoms with E-state index in [1.807, 2.05) is 29.8 Å². The molecule has 0 radical (unpaired) electrons. The van der Waals surface area contributed by atoms with Gasteiger partial charge in [-0.05, 0) is 31.4 Å². The predicted molar refractivity (Wildman–Crippen MR) is 66.4 cm³/mol. The standard InChI is InChI=1S/C7H10N4S3/c1-13-6-3-5-4-10(12)9-11(5)7(8-6)14-2/h3-4,9,12H,1-2H3. The fourth-order valence-corrected chi connectivity index (χ4v) is 2.37. The Kier molecular flexibility index (Phi) is 3.01. The van der Waals surface area contributed by atoms with Crippen LogP contribution in [0.25, 0.3) is 0 Å². The first-order valence-electron chi connectivity index (χ1n) is 3.89. The van der Waals surface area contributed by atoms with Gasteiger partial charge in [-0.15, -0.1) is 17.3 Å². The molecule has 0 aliphatic carbocycles. The number of hydrogen-bond donors (Lipinski definition) is 2. The van der Waals surface area contributed by atoms with E-state index in [0.29, 0.717) is 0 Å². The molecule has 0 amide bonds. The number of aliphatic imine (C=N–C) groups is 1. The van der Waals surface area contributed by atoms with Crippen LogP contribution < -0.4 is 5.53 Å². The Morgan fingerprint density at radius 2 is 2.21 bits per heavy atom. The van der Waals surface area contributed by atoms with Crippen molar-refractivity contribution in [2.45, 2.75) is 0 Å². The molecule has 0 aromatic heterocycles. The smallest absolute Gasteiger partial charge is 0.185 e. The van der Waals surface area contributed by atoms with Gasteiger partial charge in [0.2, 0.25) is 0 Å². The first kappa shape index (κ1) is 10.3. The maximum atomic E-state index is 4.46. The molecular weight excluding hydrogens is 236 g/mol. The fraction of sp³-hybridized carbons (Fsp3) is 0.286. The van der Waals surface area contributed by atoms with E-state index in [0.717, 1.165) is 15.9 Å². The molecule has 0 fully saturated rings. The van der Waals surface area contributed by atoms with E-state index in [1.165, 1.54) is 0 Å². The molecule has 2 aliphatic rings. The Morgan fingerprint density at radius 1 is 1.43 bits per heavy atom. The summed E-state index contributed by atoms with van der Waals surface area (Å²) in [5.74, 6) is 0. The van der Waals surface area contributed by atoms with E-state index >= 15 is 0 Å². The third-order valence-electron chi connectivity index (χ3n) is 1.78. The number of fused-ring (bicyclic) bond motifs is 1. The lowest BCUT2D eigenvalue weighted by Crippen LogP contribution is -2.40. The van der Waals surface area contributed by atoms with Crippen LogP contribution in [0.15, 0.2) is 28.0 Å². The molecule has 1 N–H and O–H groups in total. The topological polar surface area (TPSA) is 30.9 Å². The number of allylic oxidation sites excluding steroid dienone is 1. The molecular formula is C7H10N4S3. The van der Waals surface area contributed by atoms with Crippen molar-refractivity contribution in [2.75, 3.05) is 12.5 Å². The molecule has 7 heteroatoms. The van der Waals surface area contributed by atoms with Gasteiger partial charge in [-0.25, -0.2) is 14.4 Å².